The SMILES string of the molecule is O=C(O)CC1COCCN1C(=O)c1cccc(F)c1Br. The highest BCUT2D eigenvalue weighted by atomic mass is 79.9. The van der Waals surface area contributed by atoms with E-state index in [1.807, 2.05) is 0 Å². The second-order valence-electron chi connectivity index (χ2n) is 4.43. The fraction of sp³-hybridized carbons (Fsp3) is 0.385. The van der Waals surface area contributed by atoms with E-state index in [-0.39, 0.29) is 23.1 Å². The summed E-state index contributed by atoms with van der Waals surface area (Å²) in [6, 6.07) is 3.65. The second-order valence-corrected chi connectivity index (χ2v) is 5.22. The first-order valence-electron chi connectivity index (χ1n) is 6.05. The number of nitrogens with zero attached hydrogens (tertiary/aromatic N) is 1. The van der Waals surface area contributed by atoms with Crippen LogP contribution >= 0.6 is 15.9 Å². The van der Waals surface area contributed by atoms with Crippen molar-refractivity contribution in [1.29, 1.82) is 0 Å². The van der Waals surface area contributed by atoms with Gasteiger partial charge in [-0.2, -0.15) is 0 Å². The molecule has 1 atom stereocenters. The van der Waals surface area contributed by atoms with Gasteiger partial charge in [0.2, 0.25) is 0 Å². The van der Waals surface area contributed by atoms with Crippen LogP contribution in [-0.4, -0.2) is 47.7 Å². The number of benzene rings is 1. The van der Waals surface area contributed by atoms with Crippen molar-refractivity contribution in [3.05, 3.63) is 34.1 Å². The molecule has 1 aromatic carbocycles. The Balaban J connectivity index is 2.25. The van der Waals surface area contributed by atoms with Crippen LogP contribution < -0.4 is 0 Å². The Morgan fingerprint density at radius 3 is 2.95 bits per heavy atom. The number of morpholine rings is 1. The van der Waals surface area contributed by atoms with Gasteiger partial charge in [-0.05, 0) is 28.1 Å². The Morgan fingerprint density at radius 2 is 2.25 bits per heavy atom. The van der Waals surface area contributed by atoms with Crippen LogP contribution in [0, 0.1) is 5.82 Å². The van der Waals surface area contributed by atoms with Crippen LogP contribution in [0.15, 0.2) is 22.7 Å². The summed E-state index contributed by atoms with van der Waals surface area (Å²) in [5, 5.41) is 8.87. The molecule has 0 spiro atoms. The van der Waals surface area contributed by atoms with Gasteiger partial charge in [-0.1, -0.05) is 6.07 Å². The van der Waals surface area contributed by atoms with E-state index in [0.29, 0.717) is 13.2 Å². The van der Waals surface area contributed by atoms with Gasteiger partial charge in [0, 0.05) is 6.54 Å². The molecule has 0 radical (unpaired) electrons. The van der Waals surface area contributed by atoms with E-state index in [4.69, 9.17) is 9.84 Å². The van der Waals surface area contributed by atoms with Gasteiger partial charge >= 0.3 is 5.97 Å². The van der Waals surface area contributed by atoms with Crippen LogP contribution in [0.2, 0.25) is 0 Å². The van der Waals surface area contributed by atoms with E-state index in [2.05, 4.69) is 15.9 Å². The van der Waals surface area contributed by atoms with Gasteiger partial charge in [0.05, 0.1) is 35.7 Å². The number of amides is 1. The van der Waals surface area contributed by atoms with E-state index in [1.54, 1.807) is 0 Å². The lowest BCUT2D eigenvalue weighted by Crippen LogP contribution is -2.49. The topological polar surface area (TPSA) is 66.8 Å². The van der Waals surface area contributed by atoms with Crippen LogP contribution in [0.3, 0.4) is 0 Å². The maximum atomic E-state index is 13.5. The highest BCUT2D eigenvalue weighted by Crippen LogP contribution is 2.24. The van der Waals surface area contributed by atoms with Gasteiger partial charge in [0.25, 0.3) is 5.91 Å². The van der Waals surface area contributed by atoms with Crippen LogP contribution in [0.5, 0.6) is 0 Å². The fourth-order valence-corrected chi connectivity index (χ4v) is 2.55. The molecule has 1 saturated heterocycles. The Morgan fingerprint density at radius 1 is 1.50 bits per heavy atom. The van der Waals surface area contributed by atoms with E-state index < -0.39 is 23.7 Å². The molecule has 1 aliphatic rings. The number of carbonyl (C=O) groups excluding carboxylic acids is 1. The summed E-state index contributed by atoms with van der Waals surface area (Å²) >= 11 is 3.05. The highest BCUT2D eigenvalue weighted by Gasteiger charge is 2.30. The number of hydrogen-bond donors (Lipinski definition) is 1. The number of ether oxygens (including phenoxy) is 1. The van der Waals surface area contributed by atoms with Crippen molar-refractivity contribution in [1.82, 2.24) is 4.90 Å². The first-order valence-corrected chi connectivity index (χ1v) is 6.84. The molecular formula is C13H13BrFNO4. The first-order chi connectivity index (χ1) is 9.50. The zero-order chi connectivity index (χ0) is 14.7. The maximum absolute atomic E-state index is 13.5. The number of halogens is 2. The minimum atomic E-state index is -1.00. The standard InChI is InChI=1S/C13H13BrFNO4/c14-12-9(2-1-3-10(12)15)13(19)16-4-5-20-7-8(16)6-11(17)18/h1-3,8H,4-7H2,(H,17,18). The molecule has 0 aliphatic carbocycles. The molecule has 2 rings (SSSR count). The quantitative estimate of drug-likeness (QED) is 0.908. The van der Waals surface area contributed by atoms with Crippen molar-refractivity contribution in [2.75, 3.05) is 19.8 Å². The summed E-state index contributed by atoms with van der Waals surface area (Å²) in [4.78, 5) is 24.7. The van der Waals surface area contributed by atoms with E-state index in [0.717, 1.165) is 0 Å². The van der Waals surface area contributed by atoms with Crippen LogP contribution in [0.4, 0.5) is 4.39 Å². The molecule has 1 heterocycles. The predicted octanol–water partition coefficient (Wildman–Crippen LogP) is 1.90. The minimum absolute atomic E-state index is 0.0885. The van der Waals surface area contributed by atoms with Crippen molar-refractivity contribution in [3.63, 3.8) is 0 Å². The van der Waals surface area contributed by atoms with Crippen LogP contribution in [0.25, 0.3) is 0 Å². The maximum Gasteiger partial charge on any atom is 0.305 e. The Bertz CT molecular complexity index is 537. The molecule has 7 heteroatoms. The number of hydrogen-bond acceptors (Lipinski definition) is 3. The third-order valence-electron chi connectivity index (χ3n) is 3.08. The number of carboxylic acid groups (broad SMARTS) is 1. The summed E-state index contributed by atoms with van der Waals surface area (Å²) < 4.78 is 18.8. The summed E-state index contributed by atoms with van der Waals surface area (Å²) in [5.74, 6) is -1.93. The van der Waals surface area contributed by atoms with Crippen LogP contribution in [-0.2, 0) is 9.53 Å². The Kier molecular flexibility index (Phi) is 4.72. The monoisotopic (exact) mass is 345 g/mol. The fourth-order valence-electron chi connectivity index (χ4n) is 2.12. The number of carbonyl (C=O) groups is 2. The molecule has 1 aliphatic heterocycles. The highest BCUT2D eigenvalue weighted by molar-refractivity contribution is 9.10. The second kappa shape index (κ2) is 6.32. The molecule has 5 nitrogen and oxygen atoms in total. The lowest BCUT2D eigenvalue weighted by molar-refractivity contribution is -0.139. The first kappa shape index (κ1) is 14.9. The van der Waals surface area contributed by atoms with E-state index >= 15 is 0 Å². The normalized spacial score (nSPS) is 18.9. The molecule has 1 aromatic rings. The molecule has 1 unspecified atom stereocenters. The smallest absolute Gasteiger partial charge is 0.305 e. The summed E-state index contributed by atoms with van der Waals surface area (Å²) in [6.45, 7) is 0.805. The summed E-state index contributed by atoms with van der Waals surface area (Å²) in [6.07, 6.45) is -0.196. The van der Waals surface area contributed by atoms with Crippen molar-refractivity contribution >= 4 is 27.8 Å². The number of rotatable bonds is 3. The lowest BCUT2D eigenvalue weighted by atomic mass is 10.1. The van der Waals surface area contributed by atoms with Gasteiger partial charge in [-0.3, -0.25) is 9.59 Å². The van der Waals surface area contributed by atoms with E-state index in [9.17, 15) is 14.0 Å². The summed E-state index contributed by atoms with van der Waals surface area (Å²) in [5.41, 5.74) is 0.183. The largest absolute Gasteiger partial charge is 0.481 e. The molecule has 0 bridgehead atoms. The molecule has 1 amide bonds. The molecule has 1 fully saturated rings. The van der Waals surface area contributed by atoms with E-state index in [1.165, 1.54) is 23.1 Å². The molecular weight excluding hydrogens is 333 g/mol. The van der Waals surface area contributed by atoms with Gasteiger partial charge in [-0.15, -0.1) is 0 Å². The summed E-state index contributed by atoms with van der Waals surface area (Å²) in [7, 11) is 0. The van der Waals surface area contributed by atoms with Gasteiger partial charge in [0.15, 0.2) is 0 Å². The molecule has 1 N–H and O–H groups in total. The molecule has 0 aromatic heterocycles. The van der Waals surface area contributed by atoms with Crippen molar-refractivity contribution < 1.29 is 23.8 Å². The van der Waals surface area contributed by atoms with Crippen molar-refractivity contribution in [2.45, 2.75) is 12.5 Å². The van der Waals surface area contributed by atoms with Crippen molar-refractivity contribution in [3.8, 4) is 0 Å². The molecule has 0 saturated carbocycles. The third-order valence-corrected chi connectivity index (χ3v) is 3.89. The average molecular weight is 346 g/mol. The van der Waals surface area contributed by atoms with Gasteiger partial charge in [-0.25, -0.2) is 4.39 Å². The zero-order valence-corrected chi connectivity index (χ0v) is 12.1. The predicted molar refractivity (Wildman–Crippen MR) is 72.0 cm³/mol. The van der Waals surface area contributed by atoms with Crippen molar-refractivity contribution in [2.24, 2.45) is 0 Å². The average Bonchev–Trinajstić information content (AvgIpc) is 2.41. The minimum Gasteiger partial charge on any atom is -0.481 e. The Hall–Kier alpha value is -1.47. The number of aliphatic carboxylic acids is 1. The zero-order valence-electron chi connectivity index (χ0n) is 10.5. The lowest BCUT2D eigenvalue weighted by Gasteiger charge is -2.35. The van der Waals surface area contributed by atoms with Gasteiger partial charge in [0.1, 0.15) is 5.82 Å². The third kappa shape index (κ3) is 3.16. The number of carboxylic acids is 1. The Labute approximate surface area is 123 Å². The molecule has 20 heavy (non-hydrogen) atoms. The van der Waals surface area contributed by atoms with Crippen LogP contribution in [0.1, 0.15) is 16.8 Å². The molecule has 108 valence electrons. The van der Waals surface area contributed by atoms with Gasteiger partial charge < -0.3 is 14.7 Å².